The maximum Gasteiger partial charge on any atom is 0.255 e. The average Bonchev–Trinajstić information content (AvgIpc) is 3.22. The molecule has 1 atom stereocenters. The maximum atomic E-state index is 12.8. The summed E-state index contributed by atoms with van der Waals surface area (Å²) in [6.07, 6.45) is 1.61. The number of amides is 1. The van der Waals surface area contributed by atoms with E-state index < -0.39 is 0 Å². The Balaban J connectivity index is 1.89. The fourth-order valence-corrected chi connectivity index (χ4v) is 3.03. The van der Waals surface area contributed by atoms with Gasteiger partial charge >= 0.3 is 0 Å². The summed E-state index contributed by atoms with van der Waals surface area (Å²) < 4.78 is 7.39. The molecule has 0 aliphatic carbocycles. The van der Waals surface area contributed by atoms with Crippen molar-refractivity contribution >= 4 is 17.5 Å². The number of hydrogen-bond donors (Lipinski definition) is 1. The Hall–Kier alpha value is -2.53. The molecule has 0 spiro atoms. The van der Waals surface area contributed by atoms with E-state index >= 15 is 0 Å². The van der Waals surface area contributed by atoms with Crippen LogP contribution in [0.15, 0.2) is 47.0 Å². The van der Waals surface area contributed by atoms with E-state index in [2.05, 4.69) is 10.4 Å². The zero-order valence-electron chi connectivity index (χ0n) is 15.3. The number of nitrogens with zero attached hydrogens (tertiary/aromatic N) is 2. The molecule has 1 unspecified atom stereocenters. The predicted octanol–water partition coefficient (Wildman–Crippen LogP) is 5.04. The van der Waals surface area contributed by atoms with Crippen molar-refractivity contribution in [3.63, 3.8) is 0 Å². The summed E-state index contributed by atoms with van der Waals surface area (Å²) in [6.45, 7) is 7.86. The highest BCUT2D eigenvalue weighted by molar-refractivity contribution is 6.30. The third kappa shape index (κ3) is 3.68. The van der Waals surface area contributed by atoms with Gasteiger partial charge in [-0.15, -0.1) is 0 Å². The Morgan fingerprint density at radius 2 is 1.85 bits per heavy atom. The molecular weight excluding hydrogens is 350 g/mol. The van der Waals surface area contributed by atoms with Gasteiger partial charge in [-0.3, -0.25) is 4.79 Å². The highest BCUT2D eigenvalue weighted by Crippen LogP contribution is 2.25. The molecule has 0 saturated heterocycles. The molecule has 1 aromatic carbocycles. The van der Waals surface area contributed by atoms with Gasteiger partial charge in [0.2, 0.25) is 0 Å². The molecule has 5 nitrogen and oxygen atoms in total. The first-order valence-electron chi connectivity index (χ1n) is 8.58. The van der Waals surface area contributed by atoms with Crippen LogP contribution in [0.5, 0.6) is 0 Å². The zero-order valence-corrected chi connectivity index (χ0v) is 16.0. The van der Waals surface area contributed by atoms with E-state index in [1.54, 1.807) is 10.9 Å². The van der Waals surface area contributed by atoms with Gasteiger partial charge in [0.25, 0.3) is 5.91 Å². The highest BCUT2D eigenvalue weighted by Gasteiger charge is 2.23. The van der Waals surface area contributed by atoms with Crippen molar-refractivity contribution in [3.8, 4) is 5.69 Å². The Labute approximate surface area is 158 Å². The molecule has 0 aliphatic rings. The van der Waals surface area contributed by atoms with Gasteiger partial charge in [-0.05, 0) is 56.2 Å². The lowest BCUT2D eigenvalue weighted by Crippen LogP contribution is -2.27. The Bertz CT molecular complexity index is 910. The van der Waals surface area contributed by atoms with E-state index in [1.807, 2.05) is 64.1 Å². The predicted molar refractivity (Wildman–Crippen MR) is 102 cm³/mol. The van der Waals surface area contributed by atoms with Gasteiger partial charge in [0.15, 0.2) is 0 Å². The summed E-state index contributed by atoms with van der Waals surface area (Å²) in [4.78, 5) is 12.8. The molecule has 3 rings (SSSR count). The number of benzene rings is 1. The van der Waals surface area contributed by atoms with Crippen LogP contribution in [0.3, 0.4) is 0 Å². The molecule has 0 radical (unpaired) electrons. The first-order chi connectivity index (χ1) is 12.4. The van der Waals surface area contributed by atoms with Crippen molar-refractivity contribution in [2.24, 2.45) is 0 Å². The lowest BCUT2D eigenvalue weighted by molar-refractivity contribution is 0.0933. The molecule has 136 valence electrons. The largest absolute Gasteiger partial charge is 0.464 e. The number of nitrogens with one attached hydrogen (secondary N) is 1. The summed E-state index contributed by atoms with van der Waals surface area (Å²) in [6, 6.07) is 10.9. The molecule has 3 aromatic rings. The Kier molecular flexibility index (Phi) is 5.18. The number of carbonyl (C=O) groups is 1. The standard InChI is InChI=1S/C20H22ClN3O2/c1-12(2)19-17(11-22-24(19)16-8-6-15(21)7-9-16)20(25)23-14(4)18-10-5-13(3)26-18/h5-12,14H,1-4H3,(H,23,25). The second kappa shape index (κ2) is 7.38. The molecule has 0 saturated carbocycles. The molecule has 0 fully saturated rings. The van der Waals surface area contributed by atoms with Crippen LogP contribution in [0.1, 0.15) is 60.3 Å². The summed E-state index contributed by atoms with van der Waals surface area (Å²) >= 11 is 5.97. The van der Waals surface area contributed by atoms with E-state index in [1.165, 1.54) is 0 Å². The minimum Gasteiger partial charge on any atom is -0.464 e. The second-order valence-electron chi connectivity index (χ2n) is 6.63. The van der Waals surface area contributed by atoms with Crippen molar-refractivity contribution in [2.45, 2.75) is 39.7 Å². The van der Waals surface area contributed by atoms with Crippen LogP contribution in [-0.2, 0) is 0 Å². The molecule has 6 heteroatoms. The second-order valence-corrected chi connectivity index (χ2v) is 7.07. The first-order valence-corrected chi connectivity index (χ1v) is 8.95. The molecule has 0 bridgehead atoms. The van der Waals surface area contributed by atoms with Crippen molar-refractivity contribution < 1.29 is 9.21 Å². The number of carbonyl (C=O) groups excluding carboxylic acids is 1. The average molecular weight is 372 g/mol. The minimum atomic E-state index is -0.227. The van der Waals surface area contributed by atoms with Crippen LogP contribution < -0.4 is 5.32 Å². The van der Waals surface area contributed by atoms with Crippen LogP contribution in [-0.4, -0.2) is 15.7 Å². The Morgan fingerprint density at radius 1 is 1.15 bits per heavy atom. The van der Waals surface area contributed by atoms with E-state index in [-0.39, 0.29) is 17.9 Å². The van der Waals surface area contributed by atoms with Gasteiger partial charge in [0, 0.05) is 5.02 Å². The summed E-state index contributed by atoms with van der Waals surface area (Å²) in [5, 5.41) is 8.08. The number of aromatic nitrogens is 2. The maximum absolute atomic E-state index is 12.8. The number of hydrogen-bond acceptors (Lipinski definition) is 3. The van der Waals surface area contributed by atoms with E-state index in [4.69, 9.17) is 16.0 Å². The molecule has 0 aliphatic heterocycles. The third-order valence-electron chi connectivity index (χ3n) is 4.20. The number of halogens is 1. The third-order valence-corrected chi connectivity index (χ3v) is 4.46. The molecule has 1 amide bonds. The van der Waals surface area contributed by atoms with Crippen LogP contribution >= 0.6 is 11.6 Å². The number of furan rings is 1. The monoisotopic (exact) mass is 371 g/mol. The fourth-order valence-electron chi connectivity index (χ4n) is 2.91. The van der Waals surface area contributed by atoms with Gasteiger partial charge in [-0.1, -0.05) is 25.4 Å². The smallest absolute Gasteiger partial charge is 0.255 e. The van der Waals surface area contributed by atoms with Gasteiger partial charge < -0.3 is 9.73 Å². The molecule has 1 N–H and O–H groups in total. The lowest BCUT2D eigenvalue weighted by atomic mass is 10.0. The summed E-state index contributed by atoms with van der Waals surface area (Å²) in [5.41, 5.74) is 2.28. The van der Waals surface area contributed by atoms with Gasteiger partial charge in [0.05, 0.1) is 29.2 Å². The van der Waals surface area contributed by atoms with Crippen LogP contribution in [0, 0.1) is 6.92 Å². The zero-order chi connectivity index (χ0) is 18.8. The van der Waals surface area contributed by atoms with E-state index in [0.717, 1.165) is 22.9 Å². The normalized spacial score (nSPS) is 12.4. The van der Waals surface area contributed by atoms with Gasteiger partial charge in [-0.25, -0.2) is 4.68 Å². The van der Waals surface area contributed by atoms with Gasteiger partial charge in [-0.2, -0.15) is 5.10 Å². The van der Waals surface area contributed by atoms with Crippen molar-refractivity contribution in [2.75, 3.05) is 0 Å². The first kappa shape index (κ1) is 18.3. The lowest BCUT2D eigenvalue weighted by Gasteiger charge is -2.15. The van der Waals surface area contributed by atoms with Crippen LogP contribution in [0.2, 0.25) is 5.02 Å². The van der Waals surface area contributed by atoms with Crippen molar-refractivity contribution in [1.82, 2.24) is 15.1 Å². The van der Waals surface area contributed by atoms with E-state index in [0.29, 0.717) is 10.6 Å². The number of rotatable bonds is 5. The quantitative estimate of drug-likeness (QED) is 0.683. The van der Waals surface area contributed by atoms with E-state index in [9.17, 15) is 4.79 Å². The number of aryl methyl sites for hydroxylation is 1. The minimum absolute atomic E-state index is 0.120. The van der Waals surface area contributed by atoms with Crippen molar-refractivity contribution in [1.29, 1.82) is 0 Å². The topological polar surface area (TPSA) is 60.1 Å². The molecule has 2 heterocycles. The SMILES string of the molecule is Cc1ccc(C(C)NC(=O)c2cnn(-c3ccc(Cl)cc3)c2C(C)C)o1. The summed E-state index contributed by atoms with van der Waals surface area (Å²) in [5.74, 6) is 1.50. The van der Waals surface area contributed by atoms with Crippen LogP contribution in [0.25, 0.3) is 5.69 Å². The molecule has 2 aromatic heterocycles. The molecular formula is C20H22ClN3O2. The molecule has 26 heavy (non-hydrogen) atoms. The van der Waals surface area contributed by atoms with Crippen LogP contribution in [0.4, 0.5) is 0 Å². The Morgan fingerprint density at radius 3 is 2.42 bits per heavy atom. The summed E-state index contributed by atoms with van der Waals surface area (Å²) in [7, 11) is 0. The van der Waals surface area contributed by atoms with Crippen molar-refractivity contribution in [3.05, 3.63) is 70.4 Å². The fraction of sp³-hybridized carbons (Fsp3) is 0.300. The highest BCUT2D eigenvalue weighted by atomic mass is 35.5. The van der Waals surface area contributed by atoms with Gasteiger partial charge in [0.1, 0.15) is 11.5 Å².